The molecule has 0 aromatic heterocycles. The third kappa shape index (κ3) is 3.11. The summed E-state index contributed by atoms with van der Waals surface area (Å²) in [5.74, 6) is -0.0549. The van der Waals surface area contributed by atoms with Crippen LogP contribution in [-0.2, 0) is 15.6 Å². The first-order valence-corrected chi connectivity index (χ1v) is 8.05. The third-order valence-electron chi connectivity index (χ3n) is 4.20. The Morgan fingerprint density at radius 1 is 1.29 bits per heavy atom. The predicted octanol–water partition coefficient (Wildman–Crippen LogP) is -1.38. The molecule has 0 saturated carbocycles. The van der Waals surface area contributed by atoms with Crippen LogP contribution < -0.4 is 14.0 Å². The fraction of sp³-hybridized carbons (Fsp3) is 0.500. The van der Waals surface area contributed by atoms with Gasteiger partial charge in [-0.25, -0.2) is 0 Å². The van der Waals surface area contributed by atoms with Gasteiger partial charge in [0, 0.05) is 25.4 Å². The van der Waals surface area contributed by atoms with Crippen molar-refractivity contribution >= 4 is 5.78 Å². The molecule has 1 aromatic carbocycles. The molecule has 2 unspecified atom stereocenters. The first kappa shape index (κ1) is 14.9. The van der Waals surface area contributed by atoms with Crippen LogP contribution in [0.25, 0.3) is 0 Å². The lowest BCUT2D eigenvalue weighted by Gasteiger charge is -2.39. The quantitative estimate of drug-likeness (QED) is 0.679. The molecule has 0 spiro atoms. The van der Waals surface area contributed by atoms with Crippen molar-refractivity contribution in [2.75, 3.05) is 0 Å². The number of carbonyl (C=O) groups is 1. The number of carbonyl (C=O) groups excluding carboxylic acids is 1. The molecular weight excluding hydrogens is 298 g/mol. The summed E-state index contributed by atoms with van der Waals surface area (Å²) in [4.78, 5) is 13.7. The Morgan fingerprint density at radius 2 is 2.00 bits per heavy atom. The molecule has 2 fully saturated rings. The SMILES string of the molecule is O=C1CC2CCC(O[Cl+3]([O-])([O-])[O-])(C1)N2Cc1ccccc1. The summed E-state index contributed by atoms with van der Waals surface area (Å²) in [6, 6.07) is 9.46. The van der Waals surface area contributed by atoms with Crippen molar-refractivity contribution in [1.29, 1.82) is 0 Å². The largest absolute Gasteiger partial charge is 0.299 e. The van der Waals surface area contributed by atoms with E-state index in [2.05, 4.69) is 0 Å². The van der Waals surface area contributed by atoms with Gasteiger partial charge in [0.15, 0.2) is 0 Å². The van der Waals surface area contributed by atoms with Crippen molar-refractivity contribution in [2.45, 2.75) is 44.0 Å². The summed E-state index contributed by atoms with van der Waals surface area (Å²) in [5, 5.41) is 0. The van der Waals surface area contributed by atoms with Crippen LogP contribution in [0.15, 0.2) is 30.3 Å². The molecule has 114 valence electrons. The van der Waals surface area contributed by atoms with Crippen molar-refractivity contribution in [3.8, 4) is 0 Å². The van der Waals surface area contributed by atoms with Gasteiger partial charge < -0.3 is 0 Å². The minimum Gasteiger partial charge on any atom is -0.299 e. The van der Waals surface area contributed by atoms with E-state index in [1.807, 2.05) is 35.2 Å². The van der Waals surface area contributed by atoms with Gasteiger partial charge in [0.25, 0.3) is 5.72 Å². The molecule has 2 saturated heterocycles. The van der Waals surface area contributed by atoms with Gasteiger partial charge in [0.1, 0.15) is 5.78 Å². The molecule has 1 aromatic rings. The average Bonchev–Trinajstić information content (AvgIpc) is 2.59. The van der Waals surface area contributed by atoms with Gasteiger partial charge >= 0.3 is 0 Å². The van der Waals surface area contributed by atoms with Gasteiger partial charge in [-0.2, -0.15) is 14.0 Å². The molecule has 0 amide bonds. The first-order valence-electron chi connectivity index (χ1n) is 6.82. The van der Waals surface area contributed by atoms with Gasteiger partial charge in [-0.3, -0.25) is 9.69 Å². The molecule has 0 radical (unpaired) electrons. The minimum atomic E-state index is -4.57. The second-order valence-electron chi connectivity index (χ2n) is 5.63. The molecule has 7 heteroatoms. The van der Waals surface area contributed by atoms with E-state index < -0.39 is 16.0 Å². The van der Waals surface area contributed by atoms with E-state index in [4.69, 9.17) is 4.29 Å². The second-order valence-corrected chi connectivity index (χ2v) is 6.54. The van der Waals surface area contributed by atoms with E-state index in [1.54, 1.807) is 0 Å². The zero-order chi connectivity index (χ0) is 15.1. The van der Waals surface area contributed by atoms with Crippen LogP contribution in [0.3, 0.4) is 0 Å². The summed E-state index contributed by atoms with van der Waals surface area (Å²) < 4.78 is 37.9. The molecule has 2 bridgehead atoms. The summed E-state index contributed by atoms with van der Waals surface area (Å²) in [6.07, 6.45) is 1.37. The van der Waals surface area contributed by atoms with Crippen LogP contribution in [0.1, 0.15) is 31.2 Å². The Balaban J connectivity index is 1.88. The number of hydrogen-bond donors (Lipinski definition) is 0. The monoisotopic (exact) mass is 313 g/mol. The van der Waals surface area contributed by atoms with E-state index in [0.29, 0.717) is 25.8 Å². The molecule has 0 aliphatic carbocycles. The van der Waals surface area contributed by atoms with Crippen LogP contribution in [-0.4, -0.2) is 22.4 Å². The Labute approximate surface area is 124 Å². The third-order valence-corrected chi connectivity index (χ3v) is 4.68. The molecule has 2 atom stereocenters. The predicted molar refractivity (Wildman–Crippen MR) is 63.1 cm³/mol. The van der Waals surface area contributed by atoms with Crippen molar-refractivity contribution in [1.82, 2.24) is 4.90 Å². The van der Waals surface area contributed by atoms with Gasteiger partial charge in [0.05, 0.1) is 21.0 Å². The van der Waals surface area contributed by atoms with Gasteiger partial charge in [0.2, 0.25) is 0 Å². The highest BCUT2D eigenvalue weighted by molar-refractivity contribution is 5.81. The highest BCUT2D eigenvalue weighted by Crippen LogP contribution is 2.45. The number of piperidine rings is 1. The number of hydrogen-bond acceptors (Lipinski definition) is 6. The number of Topliss-reactive ketones (excluding diaryl/α,β-unsaturated/α-hetero) is 1. The van der Waals surface area contributed by atoms with Gasteiger partial charge in [-0.15, -0.1) is 0 Å². The average molecular weight is 314 g/mol. The fourth-order valence-corrected chi connectivity index (χ4v) is 3.98. The Hall–Kier alpha value is -1.02. The molecule has 2 aliphatic heterocycles. The summed E-state index contributed by atoms with van der Waals surface area (Å²) in [5.41, 5.74) is -0.315. The fourth-order valence-electron chi connectivity index (χ4n) is 3.41. The maximum atomic E-state index is 11.8. The lowest BCUT2D eigenvalue weighted by molar-refractivity contribution is -1.92. The number of nitrogens with zero attached hydrogens (tertiary/aromatic N) is 1. The lowest BCUT2D eigenvalue weighted by Crippen LogP contribution is -2.68. The first-order chi connectivity index (χ1) is 9.88. The molecule has 2 aliphatic rings. The highest BCUT2D eigenvalue weighted by atomic mass is 35.7. The van der Waals surface area contributed by atoms with Crippen LogP contribution in [0.5, 0.6) is 0 Å². The van der Waals surface area contributed by atoms with Crippen molar-refractivity contribution in [2.24, 2.45) is 0 Å². The highest BCUT2D eigenvalue weighted by Gasteiger charge is 2.61. The van der Waals surface area contributed by atoms with Crippen molar-refractivity contribution in [3.05, 3.63) is 35.9 Å². The number of rotatable bonds is 4. The lowest BCUT2D eigenvalue weighted by atomic mass is 9.97. The van der Waals surface area contributed by atoms with E-state index in [1.165, 1.54) is 0 Å². The molecule has 2 heterocycles. The van der Waals surface area contributed by atoms with Crippen LogP contribution in [0, 0.1) is 10.2 Å². The van der Waals surface area contributed by atoms with Crippen LogP contribution in [0.2, 0.25) is 0 Å². The summed E-state index contributed by atoms with van der Waals surface area (Å²) >= 11 is 0. The number of halogens is 1. The maximum Gasteiger partial charge on any atom is 0.285 e. The van der Waals surface area contributed by atoms with Gasteiger partial charge in [-0.1, -0.05) is 30.3 Å². The maximum absolute atomic E-state index is 11.8. The van der Waals surface area contributed by atoms with Crippen LogP contribution >= 0.6 is 0 Å². The van der Waals surface area contributed by atoms with Crippen LogP contribution in [0.4, 0.5) is 0 Å². The normalized spacial score (nSPS) is 29.9. The Morgan fingerprint density at radius 3 is 2.67 bits per heavy atom. The Bertz CT molecular complexity index is 532. The standard InChI is InChI=1S/C14H16ClNO5/c17-13-8-12-6-7-14(9-13,21-15(18,19)20)16(12)10-11-4-2-1-3-5-11/h1-5,12H,6-10H2. The van der Waals surface area contributed by atoms with Gasteiger partial charge in [-0.05, 0) is 12.0 Å². The summed E-state index contributed by atoms with van der Waals surface area (Å²) in [6.45, 7) is 0.462. The van der Waals surface area contributed by atoms with E-state index in [9.17, 15) is 18.8 Å². The van der Waals surface area contributed by atoms with Crippen molar-refractivity contribution < 1.29 is 33.3 Å². The molecule has 6 nitrogen and oxygen atoms in total. The second kappa shape index (κ2) is 5.31. The number of ketones is 1. The number of fused-ring (bicyclic) bond motifs is 2. The van der Waals surface area contributed by atoms with E-state index >= 15 is 0 Å². The number of benzene rings is 1. The molecule has 3 rings (SSSR count). The molecule has 21 heavy (non-hydrogen) atoms. The van der Waals surface area contributed by atoms with E-state index in [0.717, 1.165) is 5.56 Å². The molecule has 0 N–H and O–H groups in total. The molecular formula is C14H16ClNO5. The topological polar surface area (TPSA) is 98.7 Å². The minimum absolute atomic E-state index is 0.0508. The Kier molecular flexibility index (Phi) is 3.77. The zero-order valence-corrected chi connectivity index (χ0v) is 12.1. The smallest absolute Gasteiger partial charge is 0.285 e. The summed E-state index contributed by atoms with van der Waals surface area (Å²) in [7, 11) is -4.57. The zero-order valence-electron chi connectivity index (χ0n) is 11.4. The van der Waals surface area contributed by atoms with Crippen molar-refractivity contribution in [3.63, 3.8) is 0 Å². The van der Waals surface area contributed by atoms with E-state index in [-0.39, 0.29) is 18.2 Å².